The molecule has 7 heterocycles. The van der Waals surface area contributed by atoms with Crippen molar-refractivity contribution in [1.82, 2.24) is 30.0 Å². The van der Waals surface area contributed by atoms with E-state index in [1.54, 1.807) is 23.2 Å². The van der Waals surface area contributed by atoms with E-state index in [0.717, 1.165) is 99.3 Å². The predicted octanol–water partition coefficient (Wildman–Crippen LogP) is 7.38. The van der Waals surface area contributed by atoms with Gasteiger partial charge in [0.1, 0.15) is 18.0 Å². The molecule has 4 saturated heterocycles. The van der Waals surface area contributed by atoms with Crippen LogP contribution in [0, 0.1) is 11.2 Å². The molecule has 4 N–H and O–H groups in total. The number of fused-ring (bicyclic) bond motifs is 3. The minimum absolute atomic E-state index is 0.147. The summed E-state index contributed by atoms with van der Waals surface area (Å²) < 4.78 is 23.9. The molecule has 11 rings (SSSR count). The van der Waals surface area contributed by atoms with Gasteiger partial charge in [0.25, 0.3) is 0 Å². The van der Waals surface area contributed by atoms with E-state index in [9.17, 15) is 14.7 Å². The summed E-state index contributed by atoms with van der Waals surface area (Å²) >= 11 is 0. The maximum absolute atomic E-state index is 15.2. The number of pyridine rings is 1. The van der Waals surface area contributed by atoms with Gasteiger partial charge in [-0.1, -0.05) is 12.1 Å². The van der Waals surface area contributed by atoms with E-state index >= 15 is 4.39 Å². The second kappa shape index (κ2) is 16.0. The van der Waals surface area contributed by atoms with Crippen molar-refractivity contribution in [2.24, 2.45) is 5.41 Å². The first-order valence-corrected chi connectivity index (χ1v) is 22.9. The van der Waals surface area contributed by atoms with Crippen LogP contribution in [0.25, 0.3) is 22.3 Å². The highest BCUT2D eigenvalue weighted by Gasteiger charge is 2.42. The maximum atomic E-state index is 15.2. The molecule has 2 aliphatic carbocycles. The fourth-order valence-electron chi connectivity index (χ4n) is 11.4. The van der Waals surface area contributed by atoms with Gasteiger partial charge < -0.3 is 29.9 Å². The molecule has 2 saturated carbocycles. The van der Waals surface area contributed by atoms with Crippen LogP contribution < -0.4 is 30.5 Å². The van der Waals surface area contributed by atoms with Crippen molar-refractivity contribution in [2.45, 2.75) is 94.7 Å². The SMILES string of the molecule is Nc1nnc(-c2ccccc2O)cc1N1CC2CCC(C1)N2c1ccc(F)c(OCCN2CCC3(CCC(n4cc(C5CC5)c5cc(N6CCC(=O)NC6=O)cnc54)CC3)CC2)c1. The number of imide groups is 1. The standard InChI is InChI=1S/C48H55FN10O4/c49-39-10-9-32(59-33-7-8-34(59)28-56(27-33)41-25-40(53-54-45(41)50)36-3-1-2-4-42(36)60)24-43(39)63-22-21-55-19-16-48(17-20-55)14-11-31(12-15-48)58-29-38(30-5-6-30)37-23-35(26-51-46(37)58)57-18-13-44(61)52-47(57)62/h1-4,9-10,23-26,29-31,33-34,60H,5-8,11-22,27-28H2,(H2,50,54)(H,52,61,62). The molecule has 6 aliphatic rings. The van der Waals surface area contributed by atoms with Gasteiger partial charge in [0, 0.05) is 79.6 Å². The summed E-state index contributed by atoms with van der Waals surface area (Å²) in [5.74, 6) is 0.791. The number of piperazine rings is 1. The number of hydrogen-bond acceptors (Lipinski definition) is 11. The average Bonchev–Trinajstić information content (AvgIpc) is 4.02. The number of phenolic OH excluding ortho intramolecular Hbond substituents is 1. The summed E-state index contributed by atoms with van der Waals surface area (Å²) in [6.07, 6.45) is 15.8. The number of para-hydroxylation sites is 1. The Kier molecular flexibility index (Phi) is 10.1. The number of amides is 3. The predicted molar refractivity (Wildman–Crippen MR) is 240 cm³/mol. The summed E-state index contributed by atoms with van der Waals surface area (Å²) in [7, 11) is 0. The first kappa shape index (κ1) is 39.9. The molecule has 0 radical (unpaired) electrons. The van der Waals surface area contributed by atoms with E-state index in [0.29, 0.717) is 59.8 Å². The van der Waals surface area contributed by atoms with Gasteiger partial charge in [-0.3, -0.25) is 19.9 Å². The number of nitrogens with one attached hydrogen (secondary N) is 1. The number of rotatable bonds is 10. The molecule has 14 nitrogen and oxygen atoms in total. The summed E-state index contributed by atoms with van der Waals surface area (Å²) in [5.41, 5.74) is 12.8. The lowest BCUT2D eigenvalue weighted by Gasteiger charge is -2.46. The number of urea groups is 1. The third-order valence-electron chi connectivity index (χ3n) is 15.1. The van der Waals surface area contributed by atoms with Crippen molar-refractivity contribution in [3.63, 3.8) is 0 Å². The van der Waals surface area contributed by atoms with E-state index in [-0.39, 0.29) is 35.6 Å². The van der Waals surface area contributed by atoms with Crippen LogP contribution in [0.2, 0.25) is 0 Å². The minimum Gasteiger partial charge on any atom is -0.507 e. The second-order valence-corrected chi connectivity index (χ2v) is 18.8. The number of carbonyl (C=O) groups is 2. The third kappa shape index (κ3) is 7.57. The van der Waals surface area contributed by atoms with Crippen molar-refractivity contribution in [3.05, 3.63) is 78.4 Å². The molecule has 5 aromatic rings. The Balaban J connectivity index is 0.684. The number of benzene rings is 2. The molecular formula is C48H55FN10O4. The van der Waals surface area contributed by atoms with Crippen molar-refractivity contribution in [3.8, 4) is 22.8 Å². The van der Waals surface area contributed by atoms with E-state index in [1.165, 1.54) is 37.3 Å². The zero-order valence-electron chi connectivity index (χ0n) is 35.6. The fourth-order valence-corrected chi connectivity index (χ4v) is 11.4. The van der Waals surface area contributed by atoms with Gasteiger partial charge in [-0.25, -0.2) is 14.2 Å². The van der Waals surface area contributed by atoms with E-state index in [2.05, 4.69) is 47.0 Å². The minimum atomic E-state index is -0.376. The van der Waals surface area contributed by atoms with Crippen LogP contribution in [-0.4, -0.2) is 99.7 Å². The van der Waals surface area contributed by atoms with Crippen molar-refractivity contribution < 1.29 is 23.8 Å². The van der Waals surface area contributed by atoms with Crippen LogP contribution in [0.3, 0.4) is 0 Å². The van der Waals surface area contributed by atoms with Crippen molar-refractivity contribution >= 4 is 45.9 Å². The first-order chi connectivity index (χ1) is 30.7. The van der Waals surface area contributed by atoms with Gasteiger partial charge in [-0.15, -0.1) is 10.2 Å². The normalized spacial score (nSPS) is 22.9. The number of anilines is 4. The Hall–Kier alpha value is -5.96. The zero-order chi connectivity index (χ0) is 42.8. The maximum Gasteiger partial charge on any atom is 0.328 e. The molecule has 1 spiro atoms. The fraction of sp³-hybridized carbons (Fsp3) is 0.479. The van der Waals surface area contributed by atoms with E-state index in [4.69, 9.17) is 15.5 Å². The smallest absolute Gasteiger partial charge is 0.328 e. The lowest BCUT2D eigenvalue weighted by atomic mass is 9.67. The quantitative estimate of drug-likeness (QED) is 0.129. The number of piperidine rings is 1. The van der Waals surface area contributed by atoms with E-state index < -0.39 is 0 Å². The van der Waals surface area contributed by atoms with Gasteiger partial charge in [-0.05, 0) is 131 Å². The number of nitrogen functional groups attached to an aromatic ring is 1. The molecule has 63 heavy (non-hydrogen) atoms. The molecule has 2 bridgehead atoms. The van der Waals surface area contributed by atoms with Gasteiger partial charge in [0.2, 0.25) is 5.91 Å². The Morgan fingerprint density at radius 3 is 2.40 bits per heavy atom. The lowest BCUT2D eigenvalue weighted by Crippen LogP contribution is -2.54. The van der Waals surface area contributed by atoms with Gasteiger partial charge >= 0.3 is 6.03 Å². The molecule has 6 fully saturated rings. The molecule has 328 valence electrons. The number of ether oxygens (including phenoxy) is 1. The van der Waals surface area contributed by atoms with Crippen LogP contribution in [0.15, 0.2) is 67.0 Å². The zero-order valence-corrected chi connectivity index (χ0v) is 35.6. The van der Waals surface area contributed by atoms with Crippen LogP contribution in [0.5, 0.6) is 11.5 Å². The molecule has 2 aromatic carbocycles. The molecule has 2 unspecified atom stereocenters. The average molecular weight is 855 g/mol. The summed E-state index contributed by atoms with van der Waals surface area (Å²) in [6.45, 7) is 5.10. The monoisotopic (exact) mass is 854 g/mol. The Labute approximate surface area is 366 Å². The summed E-state index contributed by atoms with van der Waals surface area (Å²) in [4.78, 5) is 38.1. The lowest BCUT2D eigenvalue weighted by molar-refractivity contribution is -0.120. The molecule has 2 atom stereocenters. The second-order valence-electron chi connectivity index (χ2n) is 18.8. The number of nitrogens with zero attached hydrogens (tertiary/aromatic N) is 8. The number of likely N-dealkylation sites (tertiary alicyclic amines) is 1. The Morgan fingerprint density at radius 1 is 0.873 bits per heavy atom. The molecule has 15 heteroatoms. The largest absolute Gasteiger partial charge is 0.507 e. The third-order valence-corrected chi connectivity index (χ3v) is 15.1. The first-order valence-electron chi connectivity index (χ1n) is 22.9. The van der Waals surface area contributed by atoms with Crippen molar-refractivity contribution in [1.29, 1.82) is 0 Å². The van der Waals surface area contributed by atoms with E-state index in [1.807, 2.05) is 30.3 Å². The van der Waals surface area contributed by atoms with Gasteiger partial charge in [-0.2, -0.15) is 0 Å². The Morgan fingerprint density at radius 2 is 1.65 bits per heavy atom. The number of aromatic nitrogens is 4. The van der Waals surface area contributed by atoms with Gasteiger partial charge in [0.15, 0.2) is 17.4 Å². The number of halogens is 1. The van der Waals surface area contributed by atoms with Crippen LogP contribution >= 0.6 is 0 Å². The Bertz CT molecular complexity index is 2550. The number of nitrogens with two attached hydrogens (primary N) is 1. The molecular weight excluding hydrogens is 800 g/mol. The molecule has 4 aliphatic heterocycles. The number of hydrogen-bond donors (Lipinski definition) is 3. The van der Waals surface area contributed by atoms with Crippen LogP contribution in [-0.2, 0) is 4.79 Å². The highest BCUT2D eigenvalue weighted by molar-refractivity contribution is 6.06. The number of aromatic hydroxyl groups is 1. The highest BCUT2D eigenvalue weighted by Crippen LogP contribution is 2.50. The molecule has 3 amide bonds. The van der Waals surface area contributed by atoms with Crippen LogP contribution in [0.4, 0.5) is 32.1 Å². The summed E-state index contributed by atoms with van der Waals surface area (Å²) in [6, 6.07) is 16.9. The van der Waals surface area contributed by atoms with Gasteiger partial charge in [0.05, 0.1) is 23.3 Å². The van der Waals surface area contributed by atoms with Crippen LogP contribution in [0.1, 0.15) is 88.2 Å². The van der Waals surface area contributed by atoms with Crippen molar-refractivity contribution in [2.75, 3.05) is 66.3 Å². The summed E-state index contributed by atoms with van der Waals surface area (Å²) in [5, 5.41) is 22.5. The highest BCUT2D eigenvalue weighted by atomic mass is 19.1. The number of phenols is 1. The molecule has 3 aromatic heterocycles. The topological polar surface area (TPSA) is 158 Å². The number of carbonyl (C=O) groups excluding carboxylic acids is 2.